The fraction of sp³-hybridized carbons (Fsp3) is 0.350. The van der Waals surface area contributed by atoms with E-state index in [2.05, 4.69) is 10.1 Å². The number of morpholine rings is 1. The van der Waals surface area contributed by atoms with Crippen LogP contribution in [0.25, 0.3) is 16.9 Å². The fourth-order valence-corrected chi connectivity index (χ4v) is 3.24. The van der Waals surface area contributed by atoms with Crippen molar-refractivity contribution in [1.82, 2.24) is 19.5 Å². The maximum absolute atomic E-state index is 13.4. The summed E-state index contributed by atoms with van der Waals surface area (Å²) in [6, 6.07) is 9.43. The highest BCUT2D eigenvalue weighted by atomic mass is 19.1. The average Bonchev–Trinajstić information content (AvgIpc) is 3.08. The summed E-state index contributed by atoms with van der Waals surface area (Å²) in [6.45, 7) is 5.20. The maximum Gasteiger partial charge on any atom is 0.231 e. The van der Waals surface area contributed by atoms with Gasteiger partial charge in [-0.2, -0.15) is 0 Å². The van der Waals surface area contributed by atoms with Crippen molar-refractivity contribution in [3.8, 4) is 17.1 Å². The summed E-state index contributed by atoms with van der Waals surface area (Å²) >= 11 is 0. The molecule has 1 saturated heterocycles. The maximum atomic E-state index is 13.4. The number of benzene rings is 1. The molecule has 0 aliphatic carbocycles. The number of carbonyl (C=O) groups is 1. The van der Waals surface area contributed by atoms with Crippen molar-refractivity contribution < 1.29 is 18.7 Å². The molecule has 0 atom stereocenters. The van der Waals surface area contributed by atoms with Gasteiger partial charge >= 0.3 is 0 Å². The minimum absolute atomic E-state index is 0.102. The Kier molecular flexibility index (Phi) is 5.31. The van der Waals surface area contributed by atoms with E-state index in [1.165, 1.54) is 16.6 Å². The van der Waals surface area contributed by atoms with Gasteiger partial charge in [0.25, 0.3) is 0 Å². The van der Waals surface area contributed by atoms with Crippen LogP contribution in [0.3, 0.4) is 0 Å². The van der Waals surface area contributed by atoms with Crippen molar-refractivity contribution >= 4 is 11.4 Å². The molecule has 28 heavy (non-hydrogen) atoms. The number of ether oxygens (including phenoxy) is 2. The molecular formula is C20H21FN4O3. The Morgan fingerprint density at radius 3 is 2.64 bits per heavy atom. The number of carbonyl (C=O) groups excluding carboxylic acids is 1. The summed E-state index contributed by atoms with van der Waals surface area (Å²) in [4.78, 5) is 19.9. The number of fused-ring (bicyclic) bond motifs is 1. The van der Waals surface area contributed by atoms with E-state index in [9.17, 15) is 9.18 Å². The lowest BCUT2D eigenvalue weighted by atomic mass is 10.1. The monoisotopic (exact) mass is 384 g/mol. The van der Waals surface area contributed by atoms with Crippen LogP contribution >= 0.6 is 0 Å². The molecule has 3 aromatic rings. The number of halogens is 1. The molecule has 3 heterocycles. The van der Waals surface area contributed by atoms with Gasteiger partial charge < -0.3 is 9.47 Å². The molecule has 1 aliphatic rings. The second kappa shape index (κ2) is 8.04. The molecule has 7 nitrogen and oxygen atoms in total. The van der Waals surface area contributed by atoms with Gasteiger partial charge in [0.1, 0.15) is 17.2 Å². The summed E-state index contributed by atoms with van der Waals surface area (Å²) in [6.07, 6.45) is 0. The normalized spacial score (nSPS) is 15.1. The highest BCUT2D eigenvalue weighted by molar-refractivity contribution is 6.02. The first-order valence-corrected chi connectivity index (χ1v) is 9.27. The van der Waals surface area contributed by atoms with E-state index >= 15 is 0 Å². The zero-order valence-corrected chi connectivity index (χ0v) is 15.6. The van der Waals surface area contributed by atoms with Gasteiger partial charge in [0, 0.05) is 24.7 Å². The minimum Gasteiger partial charge on any atom is -0.477 e. The van der Waals surface area contributed by atoms with Crippen LogP contribution in [0, 0.1) is 5.82 Å². The fourth-order valence-electron chi connectivity index (χ4n) is 3.24. The average molecular weight is 384 g/mol. The molecule has 1 aliphatic heterocycles. The number of aromatic nitrogens is 3. The Balaban J connectivity index is 1.79. The lowest BCUT2D eigenvalue weighted by Gasteiger charge is -2.25. The van der Waals surface area contributed by atoms with Crippen molar-refractivity contribution in [3.05, 3.63) is 47.9 Å². The highest BCUT2D eigenvalue weighted by Crippen LogP contribution is 2.26. The minimum atomic E-state index is -0.342. The van der Waals surface area contributed by atoms with Crippen molar-refractivity contribution in [2.45, 2.75) is 6.92 Å². The first-order valence-electron chi connectivity index (χ1n) is 9.27. The van der Waals surface area contributed by atoms with Crippen LogP contribution in [0.2, 0.25) is 0 Å². The third-order valence-electron chi connectivity index (χ3n) is 4.60. The number of nitrogens with zero attached hydrogens (tertiary/aromatic N) is 4. The van der Waals surface area contributed by atoms with Crippen LogP contribution in [0.15, 0.2) is 36.4 Å². The molecule has 0 bridgehead atoms. The van der Waals surface area contributed by atoms with Crippen molar-refractivity contribution in [2.75, 3.05) is 39.5 Å². The Morgan fingerprint density at radius 1 is 1.18 bits per heavy atom. The third-order valence-corrected chi connectivity index (χ3v) is 4.60. The molecule has 1 aromatic carbocycles. The summed E-state index contributed by atoms with van der Waals surface area (Å²) in [7, 11) is 0. The van der Waals surface area contributed by atoms with Gasteiger partial charge in [0.2, 0.25) is 5.88 Å². The van der Waals surface area contributed by atoms with E-state index in [0.29, 0.717) is 61.4 Å². The standard InChI is InChI=1S/C20H21FN4O3/c1-2-28-18-8-7-17-22-19(14-3-5-15(21)6-4-14)20(25(17)23-18)16(26)13-24-9-11-27-12-10-24/h3-8H,2,9-13H2,1H3. The number of Topliss-reactive ketones (excluding diaryl/α,β-unsaturated/α-hetero) is 1. The van der Waals surface area contributed by atoms with Gasteiger partial charge in [-0.25, -0.2) is 13.9 Å². The first kappa shape index (κ1) is 18.5. The molecule has 1 fully saturated rings. The van der Waals surface area contributed by atoms with Gasteiger partial charge in [-0.05, 0) is 37.3 Å². The predicted octanol–water partition coefficient (Wildman–Crippen LogP) is 2.45. The largest absolute Gasteiger partial charge is 0.477 e. The van der Waals surface area contributed by atoms with E-state index < -0.39 is 0 Å². The van der Waals surface area contributed by atoms with Crippen LogP contribution in [0.4, 0.5) is 4.39 Å². The number of imidazole rings is 1. The molecule has 0 spiro atoms. The Bertz CT molecular complexity index is 981. The predicted molar refractivity (Wildman–Crippen MR) is 101 cm³/mol. The molecule has 0 saturated carbocycles. The smallest absolute Gasteiger partial charge is 0.231 e. The van der Waals surface area contributed by atoms with E-state index in [4.69, 9.17) is 9.47 Å². The Hall–Kier alpha value is -2.84. The number of hydrogen-bond donors (Lipinski definition) is 0. The summed E-state index contributed by atoms with van der Waals surface area (Å²) in [5.74, 6) is -0.0289. The van der Waals surface area contributed by atoms with Gasteiger partial charge in [-0.3, -0.25) is 9.69 Å². The first-order chi connectivity index (χ1) is 13.7. The quantitative estimate of drug-likeness (QED) is 0.608. The van der Waals surface area contributed by atoms with Gasteiger partial charge in [0.15, 0.2) is 11.4 Å². The van der Waals surface area contributed by atoms with Crippen LogP contribution in [-0.4, -0.2) is 64.7 Å². The molecule has 4 rings (SSSR count). The molecule has 146 valence electrons. The van der Waals surface area contributed by atoms with Crippen LogP contribution in [0.1, 0.15) is 17.4 Å². The Morgan fingerprint density at radius 2 is 1.93 bits per heavy atom. The third kappa shape index (κ3) is 3.74. The summed E-state index contributed by atoms with van der Waals surface area (Å²) in [5, 5.41) is 4.44. The molecular weight excluding hydrogens is 363 g/mol. The SMILES string of the molecule is CCOc1ccc2nc(-c3ccc(F)cc3)c(C(=O)CN3CCOCC3)n2n1. The van der Waals surface area contributed by atoms with Gasteiger partial charge in [-0.15, -0.1) is 5.10 Å². The number of ketones is 1. The molecule has 0 N–H and O–H groups in total. The van der Waals surface area contributed by atoms with Crippen molar-refractivity contribution in [3.63, 3.8) is 0 Å². The van der Waals surface area contributed by atoms with E-state index in [1.807, 2.05) is 11.8 Å². The Labute approximate surface area is 161 Å². The molecule has 0 unspecified atom stereocenters. The van der Waals surface area contributed by atoms with Crippen molar-refractivity contribution in [2.24, 2.45) is 0 Å². The summed E-state index contributed by atoms with van der Waals surface area (Å²) in [5.41, 5.74) is 2.05. The van der Waals surface area contributed by atoms with E-state index in [-0.39, 0.29) is 18.1 Å². The molecule has 2 aromatic heterocycles. The van der Waals surface area contributed by atoms with Gasteiger partial charge in [-0.1, -0.05) is 0 Å². The number of rotatable bonds is 6. The van der Waals surface area contributed by atoms with E-state index in [0.717, 1.165) is 0 Å². The lowest BCUT2D eigenvalue weighted by molar-refractivity contribution is 0.0369. The van der Waals surface area contributed by atoms with Crippen LogP contribution in [-0.2, 0) is 4.74 Å². The van der Waals surface area contributed by atoms with Crippen molar-refractivity contribution in [1.29, 1.82) is 0 Å². The highest BCUT2D eigenvalue weighted by Gasteiger charge is 2.24. The van der Waals surface area contributed by atoms with Gasteiger partial charge in [0.05, 0.1) is 26.4 Å². The lowest BCUT2D eigenvalue weighted by Crippen LogP contribution is -2.39. The van der Waals surface area contributed by atoms with E-state index in [1.54, 1.807) is 24.3 Å². The second-order valence-corrected chi connectivity index (χ2v) is 6.50. The molecule has 8 heteroatoms. The second-order valence-electron chi connectivity index (χ2n) is 6.50. The molecule has 0 amide bonds. The zero-order chi connectivity index (χ0) is 19.5. The molecule has 0 radical (unpaired) electrons. The number of hydrogen-bond acceptors (Lipinski definition) is 6. The van der Waals surface area contributed by atoms with Crippen LogP contribution in [0.5, 0.6) is 5.88 Å². The zero-order valence-electron chi connectivity index (χ0n) is 15.6. The topological polar surface area (TPSA) is 69.0 Å². The van der Waals surface area contributed by atoms with Crippen LogP contribution < -0.4 is 4.74 Å². The summed E-state index contributed by atoms with van der Waals surface area (Å²) < 4.78 is 25.7.